The van der Waals surface area contributed by atoms with Gasteiger partial charge in [-0.1, -0.05) is 0 Å². The average Bonchev–Trinajstić information content (AvgIpc) is 2.62. The van der Waals surface area contributed by atoms with Crippen LogP contribution in [0.25, 0.3) is 0 Å². The highest BCUT2D eigenvalue weighted by atomic mass is 16.6. The van der Waals surface area contributed by atoms with Crippen LogP contribution >= 0.6 is 0 Å². The average molecular weight is 368 g/mol. The molecule has 8 N–H and O–H groups in total. The van der Waals surface area contributed by atoms with Crippen molar-refractivity contribution in [2.75, 3.05) is 0 Å². The highest BCUT2D eigenvalue weighted by Crippen LogP contribution is 2.29. The van der Waals surface area contributed by atoms with Crippen LogP contribution in [0.4, 0.5) is 0 Å². The Morgan fingerprint density at radius 3 is 2.12 bits per heavy atom. The number of rotatable bonds is 3. The molecule has 2 aliphatic rings. The van der Waals surface area contributed by atoms with Gasteiger partial charge in [-0.15, -0.1) is 0 Å². The maximum absolute atomic E-state index is 11.3. The van der Waals surface area contributed by atoms with Crippen LogP contribution in [0.3, 0.4) is 0 Å². The molecular weight excluding hydrogens is 342 g/mol. The van der Waals surface area contributed by atoms with Gasteiger partial charge in [-0.3, -0.25) is 4.79 Å². The Morgan fingerprint density at radius 1 is 0.960 bits per heavy atom. The van der Waals surface area contributed by atoms with Gasteiger partial charge in [0.05, 0.1) is 6.10 Å². The Bertz CT molecular complexity index is 498. The van der Waals surface area contributed by atoms with E-state index < -0.39 is 80.1 Å². The third-order valence-electron chi connectivity index (χ3n) is 4.55. The summed E-state index contributed by atoms with van der Waals surface area (Å²) in [5.41, 5.74) is 0. The number of hydrogen-bond acceptors (Lipinski definition) is 10. The van der Waals surface area contributed by atoms with Crippen molar-refractivity contribution in [3.8, 4) is 0 Å². The molecule has 11 atom stereocenters. The molecule has 0 bridgehead atoms. The Hall–Kier alpha value is -0.890. The summed E-state index contributed by atoms with van der Waals surface area (Å²) >= 11 is 0. The van der Waals surface area contributed by atoms with Crippen molar-refractivity contribution in [1.29, 1.82) is 0 Å². The first kappa shape index (κ1) is 18.9. The quantitative estimate of drug-likeness (QED) is 0.240. The molecule has 11 nitrogen and oxygen atoms in total. The molecule has 2 heterocycles. The van der Waals surface area contributed by atoms with Crippen molar-refractivity contribution in [2.24, 2.45) is 0 Å². The first-order chi connectivity index (χ1) is 12.1. The van der Waals surface area contributed by atoms with Gasteiger partial charge in [0.2, 0.25) is 5.91 Å². The number of aliphatic hydroxyl groups excluding tert-OH is 7. The summed E-state index contributed by atoms with van der Waals surface area (Å²) in [6.45, 7) is 0.728. The zero-order chi connectivity index (χ0) is 19.8. The van der Waals surface area contributed by atoms with Crippen molar-refractivity contribution >= 4 is 5.91 Å². The summed E-state index contributed by atoms with van der Waals surface area (Å²) in [6.07, 6.45) is -16.0. The largest absolute Gasteiger partial charge is 0.388 e. The van der Waals surface area contributed by atoms with Gasteiger partial charge in [-0.25, -0.2) is 0 Å². The van der Waals surface area contributed by atoms with Gasteiger partial charge >= 0.3 is 0 Å². The molecule has 2 saturated heterocycles. The third kappa shape index (κ3) is 3.94. The zero-order valence-corrected chi connectivity index (χ0v) is 13.4. The molecule has 0 spiro atoms. The van der Waals surface area contributed by atoms with E-state index in [-0.39, 0.29) is 0 Å². The molecule has 0 saturated carbocycles. The number of carbonyl (C=O) groups excluding carboxylic acids is 1. The van der Waals surface area contributed by atoms with E-state index in [9.17, 15) is 40.5 Å². The Labute approximate surface area is 144 Å². The van der Waals surface area contributed by atoms with Crippen LogP contribution in [0.15, 0.2) is 0 Å². The van der Waals surface area contributed by atoms with Gasteiger partial charge in [0.1, 0.15) is 54.9 Å². The molecule has 3 unspecified atom stereocenters. The number of carbonyl (C=O) groups is 1. The van der Waals surface area contributed by atoms with Crippen LogP contribution in [-0.2, 0) is 14.3 Å². The van der Waals surface area contributed by atoms with Gasteiger partial charge in [0.15, 0.2) is 6.29 Å². The lowest BCUT2D eigenvalue weighted by atomic mass is 9.86. The SMILES string of the molecule is [2H]CC(=O)N[C@H]1C(O)O[C@H](C(O)C2O[C@@H](C)[C@@H](O)[C@@H](O)[C@@H]2O)[C@@H](O)[C@@H]1O. The molecule has 25 heavy (non-hydrogen) atoms. The minimum Gasteiger partial charge on any atom is -0.388 e. The highest BCUT2D eigenvalue weighted by molar-refractivity contribution is 5.73. The molecule has 0 aromatic rings. The second-order valence-corrected chi connectivity index (χ2v) is 6.33. The van der Waals surface area contributed by atoms with Gasteiger partial charge < -0.3 is 50.5 Å². The molecule has 0 aromatic carbocycles. The molecule has 1 amide bonds. The molecule has 2 fully saturated rings. The maximum atomic E-state index is 11.3. The summed E-state index contributed by atoms with van der Waals surface area (Å²) in [7, 11) is 0. The predicted molar refractivity (Wildman–Crippen MR) is 78.9 cm³/mol. The highest BCUT2D eigenvalue weighted by Gasteiger charge is 2.52. The number of amides is 1. The van der Waals surface area contributed by atoms with E-state index in [2.05, 4.69) is 5.32 Å². The molecule has 2 aliphatic heterocycles. The van der Waals surface area contributed by atoms with Crippen LogP contribution in [0.1, 0.15) is 15.2 Å². The number of aliphatic hydroxyl groups is 7. The van der Waals surface area contributed by atoms with Crippen molar-refractivity contribution in [3.05, 3.63) is 0 Å². The summed E-state index contributed by atoms with van der Waals surface area (Å²) in [4.78, 5) is 11.3. The van der Waals surface area contributed by atoms with Gasteiger partial charge in [-0.2, -0.15) is 0 Å². The number of hydrogen-bond donors (Lipinski definition) is 8. The van der Waals surface area contributed by atoms with E-state index in [4.69, 9.17) is 10.8 Å². The van der Waals surface area contributed by atoms with E-state index in [1.54, 1.807) is 0 Å². The third-order valence-corrected chi connectivity index (χ3v) is 4.55. The molecular formula is C14H25NO10. The smallest absolute Gasteiger partial charge is 0.217 e. The van der Waals surface area contributed by atoms with Crippen LogP contribution in [0.5, 0.6) is 0 Å². The predicted octanol–water partition coefficient (Wildman–Crippen LogP) is -4.84. The van der Waals surface area contributed by atoms with Gasteiger partial charge in [0.25, 0.3) is 0 Å². The Kier molecular flexibility index (Phi) is 5.88. The summed E-state index contributed by atoms with van der Waals surface area (Å²) in [6, 6.07) is -1.44. The van der Waals surface area contributed by atoms with E-state index in [0.29, 0.717) is 0 Å². The van der Waals surface area contributed by atoms with Crippen molar-refractivity contribution < 1.29 is 51.4 Å². The molecule has 11 heteroatoms. The molecule has 0 aliphatic carbocycles. The minimum atomic E-state index is -1.82. The number of ether oxygens (including phenoxy) is 2. The summed E-state index contributed by atoms with van der Waals surface area (Å²) < 4.78 is 17.3. The second kappa shape index (κ2) is 7.78. The number of nitrogens with one attached hydrogen (secondary N) is 1. The Morgan fingerprint density at radius 2 is 1.52 bits per heavy atom. The fourth-order valence-electron chi connectivity index (χ4n) is 3.08. The van der Waals surface area contributed by atoms with E-state index in [0.717, 1.165) is 0 Å². The summed E-state index contributed by atoms with van der Waals surface area (Å²) in [5.74, 6) is -0.820. The zero-order valence-electron chi connectivity index (χ0n) is 14.4. The van der Waals surface area contributed by atoms with Gasteiger partial charge in [-0.05, 0) is 6.92 Å². The summed E-state index contributed by atoms with van der Waals surface area (Å²) in [5, 5.41) is 72.3. The first-order valence-corrected chi connectivity index (χ1v) is 7.76. The minimum absolute atomic E-state index is 0.668. The monoisotopic (exact) mass is 368 g/mol. The van der Waals surface area contributed by atoms with Crippen LogP contribution in [0, 0.1) is 0 Å². The van der Waals surface area contributed by atoms with Crippen LogP contribution < -0.4 is 5.32 Å². The fraction of sp³-hybridized carbons (Fsp3) is 0.929. The second-order valence-electron chi connectivity index (χ2n) is 6.33. The lowest BCUT2D eigenvalue weighted by Gasteiger charge is -2.47. The normalized spacial score (nSPS) is 50.0. The van der Waals surface area contributed by atoms with E-state index in [1.165, 1.54) is 6.92 Å². The van der Waals surface area contributed by atoms with Crippen molar-refractivity contribution in [2.45, 2.75) is 81.1 Å². The topological polar surface area (TPSA) is 189 Å². The molecule has 0 radical (unpaired) electrons. The molecule has 2 rings (SSSR count). The fourth-order valence-corrected chi connectivity index (χ4v) is 3.08. The lowest BCUT2D eigenvalue weighted by Crippen LogP contribution is -2.69. The van der Waals surface area contributed by atoms with E-state index in [1.807, 2.05) is 0 Å². The Balaban J connectivity index is 2.12. The first-order valence-electron chi connectivity index (χ1n) is 8.46. The van der Waals surface area contributed by atoms with Crippen molar-refractivity contribution in [1.82, 2.24) is 5.32 Å². The maximum Gasteiger partial charge on any atom is 0.217 e. The molecule has 0 aromatic heterocycles. The van der Waals surface area contributed by atoms with Crippen molar-refractivity contribution in [3.63, 3.8) is 0 Å². The molecule has 146 valence electrons. The van der Waals surface area contributed by atoms with E-state index >= 15 is 0 Å². The standard InChI is InChI=1S/C14H25NO10/c1-3-6(17)8(19)10(21)12(24-3)11(22)13-9(20)7(18)5(14(23)25-13)15-4(2)16/h3,5-14,17-23H,1-2H3,(H,15,16)/t3-,5+,6+,7+,8+,9-,10-,11?,12?,13-,14?/m0/s1/i2D. The van der Waals surface area contributed by atoms with Crippen LogP contribution in [-0.4, -0.2) is 109 Å². The lowest BCUT2D eigenvalue weighted by molar-refractivity contribution is -0.298. The van der Waals surface area contributed by atoms with Gasteiger partial charge in [0, 0.05) is 8.27 Å². The van der Waals surface area contributed by atoms with Crippen LogP contribution in [0.2, 0.25) is 0 Å².